The Kier molecular flexibility index (Phi) is 10.9. The third-order valence-corrected chi connectivity index (χ3v) is 4.88. The van der Waals surface area contributed by atoms with Crippen LogP contribution in [0.3, 0.4) is 0 Å². The second kappa shape index (κ2) is 14.3. The number of ether oxygens (including phenoxy) is 2. The van der Waals surface area contributed by atoms with Crippen molar-refractivity contribution in [1.29, 1.82) is 5.41 Å². The number of amides is 2. The number of hydrogen-bond donors (Lipinski definition) is 8. The number of esters is 1. The van der Waals surface area contributed by atoms with Crippen molar-refractivity contribution in [1.82, 2.24) is 10.6 Å². The lowest BCUT2D eigenvalue weighted by atomic mass is 10.1. The van der Waals surface area contributed by atoms with E-state index in [1.807, 2.05) is 10.6 Å². The zero-order valence-electron chi connectivity index (χ0n) is 20.6. The number of carboxylic acid groups (broad SMARTS) is 3. The van der Waals surface area contributed by atoms with Crippen molar-refractivity contribution in [3.63, 3.8) is 0 Å². The maximum Gasteiger partial charge on any atom is 0.408 e. The molecule has 212 valence electrons. The van der Waals surface area contributed by atoms with Gasteiger partial charge in [-0.25, -0.2) is 14.4 Å². The third-order valence-electron chi connectivity index (χ3n) is 4.88. The molecule has 0 radical (unpaired) electrons. The Labute approximate surface area is 225 Å². The molecule has 2 atom stereocenters. The number of carboxylic acids is 3. The second-order valence-corrected chi connectivity index (χ2v) is 8.02. The molecule has 40 heavy (non-hydrogen) atoms. The van der Waals surface area contributed by atoms with Gasteiger partial charge < -0.3 is 46.5 Å². The fourth-order valence-electron chi connectivity index (χ4n) is 3.03. The minimum absolute atomic E-state index is 0.177. The Morgan fingerprint density at radius 3 is 1.93 bits per heavy atom. The minimum atomic E-state index is -1.85. The molecule has 0 fully saturated rings. The number of alkyl carbamates (subject to hydrolysis) is 1. The third kappa shape index (κ3) is 10.4. The van der Waals surface area contributed by atoms with Crippen LogP contribution >= 0.6 is 0 Å². The fourth-order valence-corrected chi connectivity index (χ4v) is 3.03. The first-order valence-electron chi connectivity index (χ1n) is 11.3. The van der Waals surface area contributed by atoms with Crippen LogP contribution in [0.15, 0.2) is 48.5 Å². The second-order valence-electron chi connectivity index (χ2n) is 8.02. The number of carbonyl (C=O) groups excluding carboxylic acids is 3. The molecular weight excluding hydrogens is 534 g/mol. The predicted molar refractivity (Wildman–Crippen MR) is 135 cm³/mol. The first-order valence-corrected chi connectivity index (χ1v) is 11.3. The summed E-state index contributed by atoms with van der Waals surface area (Å²) in [5.74, 6) is -6.66. The Hall–Kier alpha value is -5.67. The molecule has 0 saturated carbocycles. The van der Waals surface area contributed by atoms with Crippen LogP contribution in [0.2, 0.25) is 0 Å². The largest absolute Gasteiger partial charge is 0.481 e. The molecule has 0 aliphatic carbocycles. The molecule has 0 saturated heterocycles. The minimum Gasteiger partial charge on any atom is -0.481 e. The van der Waals surface area contributed by atoms with Gasteiger partial charge in [0.2, 0.25) is 5.91 Å². The summed E-state index contributed by atoms with van der Waals surface area (Å²) in [6, 6.07) is 8.21. The summed E-state index contributed by atoms with van der Waals surface area (Å²) in [7, 11) is 0. The smallest absolute Gasteiger partial charge is 0.408 e. The van der Waals surface area contributed by atoms with Gasteiger partial charge in [0.25, 0.3) is 0 Å². The molecule has 0 aromatic heterocycles. The summed E-state index contributed by atoms with van der Waals surface area (Å²) < 4.78 is 10.2. The maximum absolute atomic E-state index is 12.3. The maximum atomic E-state index is 12.3. The van der Waals surface area contributed by atoms with E-state index in [1.54, 1.807) is 0 Å². The molecule has 16 heteroatoms. The summed E-state index contributed by atoms with van der Waals surface area (Å²) in [6.45, 7) is -0.331. The van der Waals surface area contributed by atoms with Crippen LogP contribution in [0.5, 0.6) is 5.75 Å². The average molecular weight is 559 g/mol. The van der Waals surface area contributed by atoms with Gasteiger partial charge in [0, 0.05) is 5.69 Å². The lowest BCUT2D eigenvalue weighted by Gasteiger charge is -2.19. The fraction of sp³-hybridized carbons (Fsp3) is 0.208. The van der Waals surface area contributed by atoms with Gasteiger partial charge in [0.1, 0.15) is 24.4 Å². The summed E-state index contributed by atoms with van der Waals surface area (Å²) in [6.07, 6.45) is -3.11. The highest BCUT2D eigenvalue weighted by atomic mass is 16.5. The van der Waals surface area contributed by atoms with E-state index in [4.69, 9.17) is 35.9 Å². The lowest BCUT2D eigenvalue weighted by molar-refractivity contribution is -0.147. The molecule has 0 heterocycles. The molecule has 9 N–H and O–H groups in total. The topological polar surface area (TPSA) is 268 Å². The average Bonchev–Trinajstić information content (AvgIpc) is 2.87. The molecule has 0 aliphatic heterocycles. The van der Waals surface area contributed by atoms with Gasteiger partial charge >= 0.3 is 30.0 Å². The summed E-state index contributed by atoms with van der Waals surface area (Å²) in [5.41, 5.74) is 6.41. The van der Waals surface area contributed by atoms with Crippen molar-refractivity contribution in [2.45, 2.75) is 31.5 Å². The van der Waals surface area contributed by atoms with Gasteiger partial charge in [-0.1, -0.05) is 12.1 Å². The van der Waals surface area contributed by atoms with E-state index in [-0.39, 0.29) is 23.9 Å². The zero-order valence-corrected chi connectivity index (χ0v) is 20.6. The standard InChI is InChI=1S/C24H25N5O11/c25-23(26)27-14-5-3-13(4-6-14)22(37)40-15-7-1-12(2-8-15)11-39-24(38)29-16(9-18(30)31)20(34)28-17(21(35)36)10-19(32)33/h1-8,16-17H,9-11H2,(H,28,34)(H,29,38)(H,30,31)(H,32,33)(H,35,36)(H4,25,26,27)/t16?,17-/m0/s1. The number of aliphatic carboxylic acids is 3. The van der Waals surface area contributed by atoms with Gasteiger partial charge in [-0.05, 0) is 42.0 Å². The van der Waals surface area contributed by atoms with Gasteiger partial charge in [-0.3, -0.25) is 19.8 Å². The molecule has 2 rings (SSSR count). The zero-order chi connectivity index (χ0) is 29.8. The lowest BCUT2D eigenvalue weighted by Crippen LogP contribution is -2.52. The SMILES string of the molecule is N=C(N)Nc1ccc(C(=O)Oc2ccc(COC(=O)NC(CC(=O)O)C(=O)N[C@@H](CC(=O)O)C(=O)O)cc2)cc1. The highest BCUT2D eigenvalue weighted by Gasteiger charge is 2.30. The normalized spacial score (nSPS) is 11.7. The van der Waals surface area contributed by atoms with Gasteiger partial charge in [0.05, 0.1) is 18.4 Å². The number of hydrogen-bond acceptors (Lipinski definition) is 9. The number of anilines is 1. The molecular formula is C24H25N5O11. The van der Waals surface area contributed by atoms with E-state index in [0.29, 0.717) is 11.3 Å². The van der Waals surface area contributed by atoms with Crippen molar-refractivity contribution in [3.05, 3.63) is 59.7 Å². The Balaban J connectivity index is 1.92. The van der Waals surface area contributed by atoms with Crippen molar-refractivity contribution in [2.24, 2.45) is 5.73 Å². The number of rotatable bonds is 13. The molecule has 2 aromatic carbocycles. The van der Waals surface area contributed by atoms with E-state index in [9.17, 15) is 28.8 Å². The number of benzene rings is 2. The number of nitrogens with one attached hydrogen (secondary N) is 4. The van der Waals surface area contributed by atoms with Crippen LogP contribution in [0.25, 0.3) is 0 Å². The highest BCUT2D eigenvalue weighted by molar-refractivity contribution is 5.94. The molecule has 0 spiro atoms. The van der Waals surface area contributed by atoms with E-state index in [0.717, 1.165) is 0 Å². The Morgan fingerprint density at radius 1 is 0.825 bits per heavy atom. The van der Waals surface area contributed by atoms with Crippen LogP contribution in [-0.4, -0.2) is 69.2 Å². The van der Waals surface area contributed by atoms with E-state index in [1.165, 1.54) is 48.5 Å². The van der Waals surface area contributed by atoms with Gasteiger partial charge in [0.15, 0.2) is 5.96 Å². The predicted octanol–water partition coefficient (Wildman–Crippen LogP) is 0.325. The van der Waals surface area contributed by atoms with E-state index < -0.39 is 60.8 Å². The summed E-state index contributed by atoms with van der Waals surface area (Å²) >= 11 is 0. The van der Waals surface area contributed by atoms with E-state index >= 15 is 0 Å². The molecule has 16 nitrogen and oxygen atoms in total. The summed E-state index contributed by atoms with van der Waals surface area (Å²) in [4.78, 5) is 69.8. The van der Waals surface area contributed by atoms with Gasteiger partial charge in [-0.15, -0.1) is 0 Å². The number of carbonyl (C=O) groups is 6. The summed E-state index contributed by atoms with van der Waals surface area (Å²) in [5, 5.41) is 40.4. The first-order chi connectivity index (χ1) is 18.8. The quantitative estimate of drug-likeness (QED) is 0.0712. The van der Waals surface area contributed by atoms with Crippen LogP contribution < -0.4 is 26.4 Å². The van der Waals surface area contributed by atoms with Crippen molar-refractivity contribution in [2.75, 3.05) is 5.32 Å². The molecule has 2 amide bonds. The van der Waals surface area contributed by atoms with Crippen LogP contribution in [-0.2, 0) is 30.5 Å². The first kappa shape index (κ1) is 30.6. The monoisotopic (exact) mass is 559 g/mol. The van der Waals surface area contributed by atoms with Crippen LogP contribution in [0.4, 0.5) is 10.5 Å². The van der Waals surface area contributed by atoms with Crippen molar-refractivity contribution in [3.8, 4) is 5.75 Å². The molecule has 0 aliphatic rings. The Morgan fingerprint density at radius 2 is 1.40 bits per heavy atom. The van der Waals surface area contributed by atoms with Crippen molar-refractivity contribution < 1.29 is 53.6 Å². The number of guanidine groups is 1. The molecule has 0 bridgehead atoms. The van der Waals surface area contributed by atoms with Crippen molar-refractivity contribution >= 4 is 47.5 Å². The van der Waals surface area contributed by atoms with Crippen LogP contribution in [0.1, 0.15) is 28.8 Å². The van der Waals surface area contributed by atoms with E-state index in [2.05, 4.69) is 5.32 Å². The van der Waals surface area contributed by atoms with Crippen LogP contribution in [0, 0.1) is 5.41 Å². The van der Waals surface area contributed by atoms with Gasteiger partial charge in [-0.2, -0.15) is 0 Å². The molecule has 2 aromatic rings. The highest BCUT2D eigenvalue weighted by Crippen LogP contribution is 2.16. The Bertz CT molecular complexity index is 1280. The number of nitrogens with two attached hydrogens (primary N) is 1. The molecule has 1 unspecified atom stereocenters.